The number of piperazine rings is 1. The first kappa shape index (κ1) is 27.7. The van der Waals surface area contributed by atoms with Gasteiger partial charge in [-0.05, 0) is 35.6 Å². The highest BCUT2D eigenvalue weighted by atomic mass is 19.4. The Morgan fingerprint density at radius 3 is 2.53 bits per heavy atom. The van der Waals surface area contributed by atoms with Gasteiger partial charge in [-0.3, -0.25) is 9.59 Å². The zero-order valence-corrected chi connectivity index (χ0v) is 22.0. The fraction of sp³-hybridized carbons (Fsp3) is 0.536. The molecule has 2 aliphatic heterocycles. The van der Waals surface area contributed by atoms with E-state index in [2.05, 4.69) is 5.32 Å². The van der Waals surface area contributed by atoms with Crippen molar-refractivity contribution < 1.29 is 27.6 Å². The van der Waals surface area contributed by atoms with Crippen molar-refractivity contribution in [3.63, 3.8) is 0 Å². The van der Waals surface area contributed by atoms with Crippen LogP contribution in [0, 0.1) is 5.92 Å². The SMILES string of the molecule is CC[C@@H](C)[C@H]1C(=O)N([C@@H](C)c2cccc3ccccc23)C[C@@H]2N(C(=O)NCCCC(F)(F)F)CCC(=O)N12. The molecule has 0 aromatic heterocycles. The number of urea groups is 1. The van der Waals surface area contributed by atoms with Crippen molar-refractivity contribution in [2.45, 2.75) is 70.9 Å². The lowest BCUT2D eigenvalue weighted by Gasteiger charge is -2.54. The second kappa shape index (κ2) is 11.2. The highest BCUT2D eigenvalue weighted by Gasteiger charge is 2.51. The molecule has 206 valence electrons. The molecule has 7 nitrogen and oxygen atoms in total. The Morgan fingerprint density at radius 1 is 1.11 bits per heavy atom. The van der Waals surface area contributed by atoms with Crippen molar-refractivity contribution in [2.75, 3.05) is 19.6 Å². The van der Waals surface area contributed by atoms with Gasteiger partial charge in [0.25, 0.3) is 0 Å². The molecule has 2 saturated heterocycles. The molecule has 1 N–H and O–H groups in total. The number of hydrogen-bond acceptors (Lipinski definition) is 3. The van der Waals surface area contributed by atoms with E-state index in [1.165, 1.54) is 4.90 Å². The summed E-state index contributed by atoms with van der Waals surface area (Å²) in [6.45, 7) is 5.98. The highest BCUT2D eigenvalue weighted by Crippen LogP contribution is 2.36. The molecule has 2 aromatic rings. The lowest BCUT2D eigenvalue weighted by Crippen LogP contribution is -2.73. The average molecular weight is 533 g/mol. The van der Waals surface area contributed by atoms with Crippen LogP contribution < -0.4 is 5.32 Å². The van der Waals surface area contributed by atoms with Gasteiger partial charge in [0.2, 0.25) is 11.8 Å². The van der Waals surface area contributed by atoms with Crippen LogP contribution in [0.2, 0.25) is 0 Å². The fourth-order valence-electron chi connectivity index (χ4n) is 5.59. The number of alkyl halides is 3. The maximum Gasteiger partial charge on any atom is 0.389 e. The van der Waals surface area contributed by atoms with Crippen molar-refractivity contribution in [1.82, 2.24) is 20.0 Å². The lowest BCUT2D eigenvalue weighted by molar-refractivity contribution is -0.172. The maximum absolute atomic E-state index is 14.0. The molecular weight excluding hydrogens is 497 g/mol. The number of nitrogens with zero attached hydrogens (tertiary/aromatic N) is 3. The number of amides is 4. The van der Waals surface area contributed by atoms with E-state index >= 15 is 0 Å². The van der Waals surface area contributed by atoms with Gasteiger partial charge in [0, 0.05) is 25.9 Å². The van der Waals surface area contributed by atoms with Crippen LogP contribution in [0.5, 0.6) is 0 Å². The number of carbonyl (C=O) groups is 3. The van der Waals surface area contributed by atoms with Gasteiger partial charge in [0.15, 0.2) is 0 Å². The van der Waals surface area contributed by atoms with Crippen molar-refractivity contribution in [3.05, 3.63) is 48.0 Å². The minimum absolute atomic E-state index is 0.0611. The Bertz CT molecular complexity index is 1180. The number of nitrogens with one attached hydrogen (secondary N) is 1. The second-order valence-corrected chi connectivity index (χ2v) is 10.2. The van der Waals surface area contributed by atoms with Gasteiger partial charge in [-0.2, -0.15) is 13.2 Å². The van der Waals surface area contributed by atoms with Crippen molar-refractivity contribution in [2.24, 2.45) is 5.92 Å². The molecule has 0 radical (unpaired) electrons. The van der Waals surface area contributed by atoms with Crippen LogP contribution in [-0.2, 0) is 9.59 Å². The topological polar surface area (TPSA) is 73.0 Å². The molecule has 0 bridgehead atoms. The number of hydrogen-bond donors (Lipinski definition) is 1. The molecule has 2 aliphatic rings. The number of rotatable bonds is 7. The smallest absolute Gasteiger partial charge is 0.338 e. The van der Waals surface area contributed by atoms with Gasteiger partial charge >= 0.3 is 12.2 Å². The van der Waals surface area contributed by atoms with Gasteiger partial charge in [-0.25, -0.2) is 4.79 Å². The third-order valence-electron chi connectivity index (χ3n) is 7.83. The number of fused-ring (bicyclic) bond motifs is 2. The molecule has 10 heteroatoms. The molecule has 2 fully saturated rings. The molecule has 0 unspecified atom stereocenters. The monoisotopic (exact) mass is 532 g/mol. The minimum Gasteiger partial charge on any atom is -0.338 e. The Labute approximate surface area is 220 Å². The fourth-order valence-corrected chi connectivity index (χ4v) is 5.59. The van der Waals surface area contributed by atoms with Crippen LogP contribution in [0.1, 0.15) is 58.1 Å². The van der Waals surface area contributed by atoms with Crippen LogP contribution in [0.4, 0.5) is 18.0 Å². The summed E-state index contributed by atoms with van der Waals surface area (Å²) in [6, 6.07) is 12.3. The van der Waals surface area contributed by atoms with E-state index in [0.717, 1.165) is 16.3 Å². The van der Waals surface area contributed by atoms with Crippen LogP contribution in [-0.4, -0.2) is 70.6 Å². The van der Waals surface area contributed by atoms with Crippen molar-refractivity contribution in [3.8, 4) is 0 Å². The molecule has 2 aromatic carbocycles. The summed E-state index contributed by atoms with van der Waals surface area (Å²) in [6.07, 6.45) is -5.48. The summed E-state index contributed by atoms with van der Waals surface area (Å²) in [4.78, 5) is 45.0. The van der Waals surface area contributed by atoms with Crippen LogP contribution >= 0.6 is 0 Å². The Kier molecular flexibility index (Phi) is 8.18. The normalized spacial score (nSPS) is 21.9. The van der Waals surface area contributed by atoms with Crippen molar-refractivity contribution in [1.29, 1.82) is 0 Å². The number of halogens is 3. The average Bonchev–Trinajstić information content (AvgIpc) is 2.89. The molecule has 38 heavy (non-hydrogen) atoms. The van der Waals surface area contributed by atoms with Crippen molar-refractivity contribution >= 4 is 28.6 Å². The quantitative estimate of drug-likeness (QED) is 0.506. The first-order chi connectivity index (χ1) is 18.0. The largest absolute Gasteiger partial charge is 0.389 e. The van der Waals surface area contributed by atoms with Crippen LogP contribution in [0.3, 0.4) is 0 Å². The number of benzene rings is 2. The first-order valence-corrected chi connectivity index (χ1v) is 13.2. The highest BCUT2D eigenvalue weighted by molar-refractivity contribution is 5.92. The van der Waals surface area contributed by atoms with E-state index < -0.39 is 30.8 Å². The molecular formula is C28H35F3N4O3. The Morgan fingerprint density at radius 2 is 1.82 bits per heavy atom. The molecule has 0 aliphatic carbocycles. The molecule has 4 rings (SSSR count). The summed E-state index contributed by atoms with van der Waals surface area (Å²) in [5.41, 5.74) is 0.970. The van der Waals surface area contributed by atoms with E-state index in [4.69, 9.17) is 0 Å². The third kappa shape index (κ3) is 5.59. The first-order valence-electron chi connectivity index (χ1n) is 13.2. The van der Waals surface area contributed by atoms with E-state index in [-0.39, 0.29) is 56.3 Å². The minimum atomic E-state index is -4.29. The molecule has 4 atom stereocenters. The number of carbonyl (C=O) groups excluding carboxylic acids is 3. The van der Waals surface area contributed by atoms with E-state index in [1.54, 1.807) is 9.80 Å². The van der Waals surface area contributed by atoms with Gasteiger partial charge in [0.05, 0.1) is 12.6 Å². The lowest BCUT2D eigenvalue weighted by atomic mass is 9.90. The molecule has 2 heterocycles. The predicted octanol–water partition coefficient (Wildman–Crippen LogP) is 5.07. The van der Waals surface area contributed by atoms with E-state index in [9.17, 15) is 27.6 Å². The maximum atomic E-state index is 14.0. The van der Waals surface area contributed by atoms with Gasteiger partial charge in [0.1, 0.15) is 12.2 Å². The summed E-state index contributed by atoms with van der Waals surface area (Å²) < 4.78 is 37.6. The Hall–Kier alpha value is -3.30. The zero-order valence-electron chi connectivity index (χ0n) is 22.0. The van der Waals surface area contributed by atoms with Gasteiger partial charge in [-0.15, -0.1) is 0 Å². The molecule has 0 saturated carbocycles. The summed E-state index contributed by atoms with van der Waals surface area (Å²) in [5, 5.41) is 4.66. The zero-order chi connectivity index (χ0) is 27.6. The predicted molar refractivity (Wildman–Crippen MR) is 138 cm³/mol. The summed E-state index contributed by atoms with van der Waals surface area (Å²) in [7, 11) is 0. The van der Waals surface area contributed by atoms with E-state index in [0.29, 0.717) is 6.42 Å². The summed E-state index contributed by atoms with van der Waals surface area (Å²) in [5.74, 6) is -0.490. The van der Waals surface area contributed by atoms with E-state index in [1.807, 2.05) is 63.2 Å². The molecule has 4 amide bonds. The summed E-state index contributed by atoms with van der Waals surface area (Å²) >= 11 is 0. The van der Waals surface area contributed by atoms with Gasteiger partial charge in [-0.1, -0.05) is 62.7 Å². The second-order valence-electron chi connectivity index (χ2n) is 10.2. The molecule has 0 spiro atoms. The standard InChI is InChI=1S/C28H35F3N4O3/c1-4-18(2)25-26(37)34(19(3)21-12-7-10-20-9-5-6-11-22(20)21)17-23-33(16-13-24(36)35(23)25)27(38)32-15-8-14-28(29,30)31/h5-7,9-12,18-19,23,25H,4,8,13-17H2,1-3H3,(H,32,38)/t18-,19+,23-,25+/m1/s1. The van der Waals surface area contributed by atoms with Gasteiger partial charge < -0.3 is 20.0 Å². The Balaban J connectivity index is 1.64. The van der Waals surface area contributed by atoms with Crippen LogP contribution in [0.15, 0.2) is 42.5 Å². The van der Waals surface area contributed by atoms with Crippen LogP contribution in [0.25, 0.3) is 10.8 Å². The third-order valence-corrected chi connectivity index (χ3v) is 7.83.